The van der Waals surface area contributed by atoms with Crippen LogP contribution in [0.1, 0.15) is 65.2 Å². The smallest absolute Gasteiger partial charge is 0.284 e. The van der Waals surface area contributed by atoms with E-state index in [1.165, 1.54) is 17.1 Å². The van der Waals surface area contributed by atoms with E-state index < -0.39 is 23.4 Å². The van der Waals surface area contributed by atoms with E-state index in [1.54, 1.807) is 33.6 Å². The Kier molecular flexibility index (Phi) is 6.96. The first-order valence-corrected chi connectivity index (χ1v) is 14.5. The van der Waals surface area contributed by atoms with Crippen molar-refractivity contribution in [2.24, 2.45) is 10.8 Å². The van der Waals surface area contributed by atoms with Crippen molar-refractivity contribution in [2.45, 2.75) is 57.0 Å². The van der Waals surface area contributed by atoms with Crippen LogP contribution in [-0.4, -0.2) is 44.1 Å². The molecule has 12 heteroatoms. The lowest BCUT2D eigenvalue weighted by atomic mass is 9.85. The van der Waals surface area contributed by atoms with E-state index >= 15 is 4.39 Å². The van der Waals surface area contributed by atoms with Crippen molar-refractivity contribution in [1.82, 2.24) is 19.4 Å². The van der Waals surface area contributed by atoms with E-state index in [0.717, 1.165) is 18.5 Å². The van der Waals surface area contributed by atoms with Gasteiger partial charge in [-0.05, 0) is 62.1 Å². The highest BCUT2D eigenvalue weighted by molar-refractivity contribution is 6.05. The second-order valence-corrected chi connectivity index (χ2v) is 11.2. The van der Waals surface area contributed by atoms with Crippen LogP contribution in [0, 0.1) is 5.82 Å². The number of carbonyl (C=O) groups is 1. The molecule has 0 spiro atoms. The van der Waals surface area contributed by atoms with Gasteiger partial charge in [-0.15, -0.1) is 0 Å². The second-order valence-electron chi connectivity index (χ2n) is 11.2. The van der Waals surface area contributed by atoms with Crippen molar-refractivity contribution < 1.29 is 19.0 Å². The van der Waals surface area contributed by atoms with E-state index in [1.807, 2.05) is 24.3 Å². The number of nitrogens with zero attached hydrogens (tertiary/aromatic N) is 4. The number of rotatable bonds is 5. The zero-order valence-corrected chi connectivity index (χ0v) is 23.4. The molecule has 0 radical (unpaired) electrons. The number of ether oxygens (including phenoxy) is 1. The van der Waals surface area contributed by atoms with Gasteiger partial charge in [-0.25, -0.2) is 13.7 Å². The molecule has 1 fully saturated rings. The molecule has 4 heterocycles. The van der Waals surface area contributed by atoms with Crippen LogP contribution in [0.4, 0.5) is 10.1 Å². The summed E-state index contributed by atoms with van der Waals surface area (Å²) in [4.78, 5) is 27.0. The van der Waals surface area contributed by atoms with Crippen molar-refractivity contribution in [3.8, 4) is 16.8 Å². The molecular weight excluding hydrogens is 553 g/mol. The lowest BCUT2D eigenvalue weighted by molar-refractivity contribution is 0.0756. The lowest BCUT2D eigenvalue weighted by Crippen LogP contribution is -2.34. The molecule has 1 unspecified atom stereocenters. The Hall–Kier alpha value is -4.52. The van der Waals surface area contributed by atoms with Crippen LogP contribution < -0.4 is 21.9 Å². The summed E-state index contributed by atoms with van der Waals surface area (Å²) >= 11 is 0. The number of nitrogens with two attached hydrogens (primary N) is 1. The molecule has 1 atom stereocenters. The standard InChI is InChI=1S/C31H32FN7O4/c32-24-14-19(36-30(41)27-26-16-43-13-12-37(26)39(31(27)42)20-4-2-1-3-5-20)8-11-22(24)23-15-25(18-6-9-21(40)10-7-18)38-28(23)29(33)34-17-35-38/h1-5,8,11,14-15,17-18,21,29,40H,6-7,9-10,12-13,16,33H2,(H,34,35)(H,36,41). The Bertz CT molecular complexity index is 1780. The number of amides is 1. The fourth-order valence-electron chi connectivity index (χ4n) is 6.44. The first-order valence-electron chi connectivity index (χ1n) is 14.5. The van der Waals surface area contributed by atoms with Gasteiger partial charge >= 0.3 is 0 Å². The molecule has 4 aromatic rings. The monoisotopic (exact) mass is 585 g/mol. The van der Waals surface area contributed by atoms with Crippen LogP contribution in [0.2, 0.25) is 0 Å². The van der Waals surface area contributed by atoms with Gasteiger partial charge in [0.1, 0.15) is 23.9 Å². The Morgan fingerprint density at radius 2 is 1.88 bits per heavy atom. The molecule has 11 nitrogen and oxygen atoms in total. The number of fused-ring (bicyclic) bond motifs is 2. The molecule has 5 N–H and O–H groups in total. The number of nitrogens with one attached hydrogen (secondary N) is 2. The number of hydrogen-bond acceptors (Lipinski definition) is 7. The van der Waals surface area contributed by atoms with Crippen LogP contribution >= 0.6 is 0 Å². The number of carbonyl (C=O) groups excluding carboxylic acids is 1. The average Bonchev–Trinajstić information content (AvgIpc) is 3.54. The number of aromatic nitrogens is 3. The van der Waals surface area contributed by atoms with Crippen LogP contribution in [0.3, 0.4) is 0 Å². The van der Waals surface area contributed by atoms with Gasteiger partial charge in [0.25, 0.3) is 11.5 Å². The summed E-state index contributed by atoms with van der Waals surface area (Å²) in [5, 5.41) is 20.2. The summed E-state index contributed by atoms with van der Waals surface area (Å²) in [7, 11) is 0. The van der Waals surface area contributed by atoms with Gasteiger partial charge in [-0.1, -0.05) is 18.2 Å². The third-order valence-corrected chi connectivity index (χ3v) is 8.56. The molecule has 3 aliphatic rings. The maximum Gasteiger partial charge on any atom is 0.284 e. The third-order valence-electron chi connectivity index (χ3n) is 8.56. The zero-order valence-electron chi connectivity index (χ0n) is 23.4. The number of hydrogen-bond donors (Lipinski definition) is 4. The van der Waals surface area contributed by atoms with Gasteiger partial charge in [0.15, 0.2) is 0 Å². The van der Waals surface area contributed by atoms with Gasteiger partial charge < -0.3 is 26.2 Å². The zero-order chi connectivity index (χ0) is 29.7. The van der Waals surface area contributed by atoms with Gasteiger partial charge in [0, 0.05) is 28.4 Å². The lowest BCUT2D eigenvalue weighted by Gasteiger charge is -2.27. The first-order chi connectivity index (χ1) is 20.9. The van der Waals surface area contributed by atoms with Crippen molar-refractivity contribution in [3.63, 3.8) is 0 Å². The largest absolute Gasteiger partial charge is 0.393 e. The van der Waals surface area contributed by atoms with Gasteiger partial charge in [-0.2, -0.15) is 5.10 Å². The topological polar surface area (TPSA) is 141 Å². The Balaban J connectivity index is 1.21. The fourth-order valence-corrected chi connectivity index (χ4v) is 6.44. The summed E-state index contributed by atoms with van der Waals surface area (Å²) in [5.41, 5.74) is 9.71. The van der Waals surface area contributed by atoms with E-state index in [2.05, 4.69) is 15.7 Å². The van der Waals surface area contributed by atoms with Gasteiger partial charge in [0.2, 0.25) is 0 Å². The minimum atomic E-state index is -0.635. The molecule has 1 aliphatic carbocycles. The van der Waals surface area contributed by atoms with Crippen LogP contribution in [0.25, 0.3) is 16.8 Å². The highest BCUT2D eigenvalue weighted by atomic mass is 19.1. The summed E-state index contributed by atoms with van der Waals surface area (Å²) in [6.07, 6.45) is 3.65. The molecule has 2 aromatic carbocycles. The Morgan fingerprint density at radius 3 is 2.65 bits per heavy atom. The highest BCUT2D eigenvalue weighted by Crippen LogP contribution is 2.40. The molecular formula is C31H32FN7O4. The van der Waals surface area contributed by atoms with Gasteiger partial charge in [0.05, 0.1) is 42.9 Å². The molecule has 7 rings (SSSR count). The minimum absolute atomic E-state index is 0.0355. The Labute approximate surface area is 246 Å². The molecule has 222 valence electrons. The molecule has 43 heavy (non-hydrogen) atoms. The summed E-state index contributed by atoms with van der Waals surface area (Å²) in [6, 6.07) is 15.5. The predicted octanol–water partition coefficient (Wildman–Crippen LogP) is 3.40. The molecule has 1 saturated carbocycles. The van der Waals surface area contributed by atoms with Crippen LogP contribution in [0.15, 0.2) is 64.5 Å². The number of halogens is 1. The molecule has 2 aliphatic heterocycles. The predicted molar refractivity (Wildman–Crippen MR) is 159 cm³/mol. The van der Waals surface area contributed by atoms with E-state index in [-0.39, 0.29) is 29.9 Å². The SMILES string of the molecule is NC1NC=Nn2c(C3CCC(O)CC3)cc(-c3ccc(NC(=O)c4c5n(n(-c6ccccc6)c4=O)CCOC5)cc3F)c21. The van der Waals surface area contributed by atoms with Crippen LogP contribution in [0.5, 0.6) is 0 Å². The number of benzene rings is 2. The van der Waals surface area contributed by atoms with Crippen LogP contribution in [-0.2, 0) is 17.9 Å². The van der Waals surface area contributed by atoms with E-state index in [4.69, 9.17) is 10.5 Å². The molecule has 0 bridgehead atoms. The maximum absolute atomic E-state index is 15.8. The van der Waals surface area contributed by atoms with Crippen molar-refractivity contribution in [3.05, 3.63) is 93.4 Å². The van der Waals surface area contributed by atoms with E-state index in [9.17, 15) is 14.7 Å². The number of aliphatic hydroxyl groups is 1. The number of aliphatic hydroxyl groups excluding tert-OH is 1. The van der Waals surface area contributed by atoms with E-state index in [0.29, 0.717) is 54.2 Å². The second kappa shape index (κ2) is 11.0. The van der Waals surface area contributed by atoms with Crippen molar-refractivity contribution in [1.29, 1.82) is 0 Å². The summed E-state index contributed by atoms with van der Waals surface area (Å²) < 4.78 is 26.4. The molecule has 2 aromatic heterocycles. The summed E-state index contributed by atoms with van der Waals surface area (Å²) in [5.74, 6) is -1.02. The number of para-hydroxylation sites is 1. The molecule has 0 saturated heterocycles. The normalized spacial score (nSPS) is 21.1. The first kappa shape index (κ1) is 27.3. The highest BCUT2D eigenvalue weighted by Gasteiger charge is 2.31. The van der Waals surface area contributed by atoms with Gasteiger partial charge in [-0.3, -0.25) is 14.3 Å². The third kappa shape index (κ3) is 4.77. The maximum atomic E-state index is 15.8. The van der Waals surface area contributed by atoms with Crippen molar-refractivity contribution >= 4 is 17.9 Å². The average molecular weight is 586 g/mol. The quantitative estimate of drug-likeness (QED) is 0.283. The minimum Gasteiger partial charge on any atom is -0.393 e. The number of anilines is 1. The fraction of sp³-hybridized carbons (Fsp3) is 0.323. The Morgan fingerprint density at radius 1 is 1.09 bits per heavy atom. The molecule has 1 amide bonds. The van der Waals surface area contributed by atoms with Crippen molar-refractivity contribution in [2.75, 3.05) is 11.9 Å². The summed E-state index contributed by atoms with van der Waals surface area (Å²) in [6.45, 7) is 0.951.